The average molecular weight is 474 g/mol. The zero-order valence-corrected chi connectivity index (χ0v) is 20.3. The maximum absolute atomic E-state index is 14.8. The summed E-state index contributed by atoms with van der Waals surface area (Å²) in [6, 6.07) is -0.847. The summed E-state index contributed by atoms with van der Waals surface area (Å²) in [4.78, 5) is 24.8. The lowest BCUT2D eigenvalue weighted by Crippen LogP contribution is -2.79. The lowest BCUT2D eigenvalue weighted by atomic mass is 9.39. The first-order valence-corrected chi connectivity index (χ1v) is 12.8. The Morgan fingerprint density at radius 1 is 1.21 bits per heavy atom. The molecule has 9 rings (SSSR count). The van der Waals surface area contributed by atoms with Crippen molar-refractivity contribution in [2.45, 2.75) is 89.4 Å². The molecule has 2 spiro atoms. The average Bonchev–Trinajstić information content (AvgIpc) is 3.04. The number of nitrogens with zero attached hydrogens (tertiary/aromatic N) is 1. The van der Waals surface area contributed by atoms with Crippen molar-refractivity contribution in [3.8, 4) is 0 Å². The van der Waals surface area contributed by atoms with Gasteiger partial charge in [0.2, 0.25) is 0 Å². The zero-order chi connectivity index (χ0) is 24.4. The van der Waals surface area contributed by atoms with Crippen molar-refractivity contribution in [2.75, 3.05) is 6.54 Å². The summed E-state index contributed by atoms with van der Waals surface area (Å²) in [6.07, 6.45) is -0.00202. The van der Waals surface area contributed by atoms with Gasteiger partial charge in [-0.05, 0) is 19.3 Å². The molecule has 6 saturated carbocycles. The third-order valence-electron chi connectivity index (χ3n) is 11.6. The molecule has 0 amide bonds. The Morgan fingerprint density at radius 2 is 1.91 bits per heavy atom. The van der Waals surface area contributed by atoms with E-state index in [1.165, 1.54) is 6.92 Å². The monoisotopic (exact) mass is 473 g/mol. The molecule has 13 atom stereocenters. The molecule has 9 fully saturated rings. The minimum Gasteiger partial charge on any atom is -0.632 e. The van der Waals surface area contributed by atoms with Gasteiger partial charge >= 0.3 is 11.9 Å². The molecule has 0 aromatic rings. The molecule has 1 unspecified atom stereocenters. The van der Waals surface area contributed by atoms with Crippen LogP contribution in [0.4, 0.5) is 0 Å². The maximum Gasteiger partial charge on any atom is 0.308 e. The number of hydroxylamine groups is 3. The van der Waals surface area contributed by atoms with Gasteiger partial charge in [0.1, 0.15) is 18.2 Å². The highest BCUT2D eigenvalue weighted by Crippen LogP contribution is 2.89. The van der Waals surface area contributed by atoms with Crippen LogP contribution in [0.2, 0.25) is 0 Å². The molecule has 2 N–H and O–H groups in total. The molecule has 3 saturated heterocycles. The second-order valence-corrected chi connectivity index (χ2v) is 13.4. The molecule has 8 heteroatoms. The number of aliphatic hydroxyl groups excluding tert-OH is 1. The van der Waals surface area contributed by atoms with Crippen LogP contribution in [-0.4, -0.2) is 69.3 Å². The molecule has 186 valence electrons. The topological polar surface area (TPSA) is 116 Å². The fraction of sp³-hybridized carbons (Fsp3) is 0.846. The van der Waals surface area contributed by atoms with Gasteiger partial charge in [-0.15, -0.1) is 0 Å². The van der Waals surface area contributed by atoms with Crippen LogP contribution in [0.3, 0.4) is 0 Å². The smallest absolute Gasteiger partial charge is 0.308 e. The Bertz CT molecular complexity index is 1060. The number of fused-ring (bicyclic) bond motifs is 1. The van der Waals surface area contributed by atoms with Crippen LogP contribution in [0, 0.1) is 45.1 Å². The first kappa shape index (κ1) is 21.8. The molecule has 0 aromatic heterocycles. The molecule has 3 aliphatic heterocycles. The van der Waals surface area contributed by atoms with Crippen molar-refractivity contribution < 1.29 is 33.9 Å². The van der Waals surface area contributed by atoms with Crippen molar-refractivity contribution in [3.05, 3.63) is 17.4 Å². The lowest BCUT2D eigenvalue weighted by molar-refractivity contribution is -0.929. The number of carbonyl (C=O) groups excluding carboxylic acids is 2. The highest BCUT2D eigenvalue weighted by atomic mass is 16.6. The molecular formula is C26H35NO7. The van der Waals surface area contributed by atoms with E-state index < -0.39 is 51.2 Å². The Balaban J connectivity index is 1.44. The van der Waals surface area contributed by atoms with Crippen molar-refractivity contribution in [1.29, 1.82) is 0 Å². The summed E-state index contributed by atoms with van der Waals surface area (Å²) in [5.74, 6) is -1.88. The van der Waals surface area contributed by atoms with Crippen LogP contribution in [-0.2, 0) is 19.1 Å². The van der Waals surface area contributed by atoms with Gasteiger partial charge < -0.3 is 29.5 Å². The van der Waals surface area contributed by atoms with E-state index in [-0.39, 0.29) is 41.3 Å². The fourth-order valence-electron chi connectivity index (χ4n) is 11.8. The number of carbonyl (C=O) groups is 2. The van der Waals surface area contributed by atoms with Crippen LogP contribution in [0.25, 0.3) is 0 Å². The van der Waals surface area contributed by atoms with E-state index in [1.807, 2.05) is 13.8 Å². The molecule has 0 aromatic carbocycles. The van der Waals surface area contributed by atoms with E-state index in [1.54, 1.807) is 0 Å². The highest BCUT2D eigenvalue weighted by molar-refractivity contribution is 5.71. The number of hydrogen-bond acceptors (Lipinski definition) is 7. The quantitative estimate of drug-likeness (QED) is 0.277. The van der Waals surface area contributed by atoms with Gasteiger partial charge in [-0.1, -0.05) is 32.9 Å². The van der Waals surface area contributed by atoms with E-state index in [0.29, 0.717) is 32.2 Å². The van der Waals surface area contributed by atoms with E-state index >= 15 is 0 Å². The first-order chi connectivity index (χ1) is 15.8. The molecule has 34 heavy (non-hydrogen) atoms. The largest absolute Gasteiger partial charge is 0.632 e. The molecule has 8 nitrogen and oxygen atoms in total. The number of rotatable bonds is 3. The standard InChI is InChI=1S/C26H35NO7/c1-11(2)21(30)34-14-7-23(5)10-27(32)15-9-24-6-12(3)16-17(29)19(24)25(8-14,18(15)23)22(27)26(24,31)20(16)33-13(4)28/h11,14-20,22,29,31H,3,6-10H2,1-2,4-5H3/t14-,15-,16+,17+,18+,19+,20+,22-,23+,24+,25-,26-,27?/m0/s1. The van der Waals surface area contributed by atoms with Gasteiger partial charge in [-0.3, -0.25) is 9.59 Å². The normalized spacial score (nSPS) is 61.4. The summed E-state index contributed by atoms with van der Waals surface area (Å²) in [5, 5.41) is 39.4. The number of quaternary nitrogens is 1. The summed E-state index contributed by atoms with van der Waals surface area (Å²) in [7, 11) is 0. The van der Waals surface area contributed by atoms with Gasteiger partial charge in [-0.2, -0.15) is 0 Å². The maximum atomic E-state index is 14.8. The van der Waals surface area contributed by atoms with Crippen molar-refractivity contribution in [2.24, 2.45) is 39.9 Å². The van der Waals surface area contributed by atoms with Gasteiger partial charge in [0, 0.05) is 47.3 Å². The van der Waals surface area contributed by atoms with Crippen molar-refractivity contribution in [3.63, 3.8) is 0 Å². The van der Waals surface area contributed by atoms with E-state index in [0.717, 1.165) is 5.57 Å². The summed E-state index contributed by atoms with van der Waals surface area (Å²) >= 11 is 0. The molecule has 6 aliphatic carbocycles. The van der Waals surface area contributed by atoms with Crippen molar-refractivity contribution >= 4 is 11.9 Å². The molecule has 3 heterocycles. The van der Waals surface area contributed by atoms with Crippen LogP contribution < -0.4 is 0 Å². The van der Waals surface area contributed by atoms with Crippen LogP contribution in [0.1, 0.15) is 53.4 Å². The van der Waals surface area contributed by atoms with Gasteiger partial charge in [0.15, 0.2) is 5.60 Å². The lowest BCUT2D eigenvalue weighted by Gasteiger charge is -2.68. The molecule has 0 radical (unpaired) electrons. The van der Waals surface area contributed by atoms with Crippen molar-refractivity contribution in [1.82, 2.24) is 0 Å². The van der Waals surface area contributed by atoms with Crippen LogP contribution in [0.15, 0.2) is 12.2 Å². The Morgan fingerprint density at radius 3 is 2.56 bits per heavy atom. The summed E-state index contributed by atoms with van der Waals surface area (Å²) < 4.78 is 11.3. The van der Waals surface area contributed by atoms with Gasteiger partial charge in [0.05, 0.1) is 24.6 Å². The fourth-order valence-corrected chi connectivity index (χ4v) is 11.8. The number of esters is 2. The van der Waals surface area contributed by atoms with Gasteiger partial charge in [0.25, 0.3) is 0 Å². The number of ether oxygens (including phenoxy) is 2. The summed E-state index contributed by atoms with van der Waals surface area (Å²) in [5.41, 5.74) is -2.44. The third-order valence-corrected chi connectivity index (χ3v) is 11.6. The number of hydrogen-bond donors (Lipinski definition) is 2. The SMILES string of the molecule is C=C1C[C@@]23C[C@H]4[C@@H]5[C@]6(C)C[C@H](OC(=O)C(C)C)C[C@@]57[C@@H]2[C@H](O)[C@@H]1[C@@H](OC(C)=O)[C@]3(O)[C@H]7[N+]4([O-])C6. The number of aliphatic hydroxyl groups is 2. The third kappa shape index (κ3) is 1.86. The van der Waals surface area contributed by atoms with Crippen LogP contribution in [0.5, 0.6) is 0 Å². The second-order valence-electron chi connectivity index (χ2n) is 13.4. The predicted molar refractivity (Wildman–Crippen MR) is 118 cm³/mol. The second kappa shape index (κ2) is 5.74. The predicted octanol–water partition coefficient (Wildman–Crippen LogP) is 1.67. The molecule has 9 aliphatic rings. The molecular weight excluding hydrogens is 438 g/mol. The number of piperidine rings is 2. The highest BCUT2D eigenvalue weighted by Gasteiger charge is 2.99. The van der Waals surface area contributed by atoms with Gasteiger partial charge in [-0.25, -0.2) is 0 Å². The minimum atomic E-state index is -1.52. The zero-order valence-electron chi connectivity index (χ0n) is 20.3. The van der Waals surface area contributed by atoms with E-state index in [4.69, 9.17) is 9.47 Å². The van der Waals surface area contributed by atoms with Crippen LogP contribution >= 0.6 is 0 Å². The Labute approximate surface area is 199 Å². The Hall–Kier alpha value is -1.48. The first-order valence-electron chi connectivity index (χ1n) is 12.8. The van der Waals surface area contributed by atoms with E-state index in [9.17, 15) is 25.0 Å². The molecule has 9 bridgehead atoms. The summed E-state index contributed by atoms with van der Waals surface area (Å²) in [6.45, 7) is 11.7. The van der Waals surface area contributed by atoms with E-state index in [2.05, 4.69) is 13.5 Å². The Kier molecular flexibility index (Phi) is 3.68. The minimum absolute atomic E-state index is 0.0430.